The molecule has 0 aromatic heterocycles. The monoisotopic (exact) mass is 364 g/mol. The fourth-order valence-electron chi connectivity index (χ4n) is 2.41. The van der Waals surface area contributed by atoms with Crippen LogP contribution in [0.15, 0.2) is 35.2 Å². The van der Waals surface area contributed by atoms with E-state index in [1.807, 2.05) is 30.3 Å². The van der Waals surface area contributed by atoms with Gasteiger partial charge < -0.3 is 10.4 Å². The summed E-state index contributed by atoms with van der Waals surface area (Å²) in [6.07, 6.45) is 1.05. The van der Waals surface area contributed by atoms with E-state index in [0.717, 1.165) is 22.2 Å². The van der Waals surface area contributed by atoms with Crippen LogP contribution in [-0.4, -0.2) is 57.3 Å². The summed E-state index contributed by atoms with van der Waals surface area (Å²) in [5, 5.41) is 11.9. The minimum atomic E-state index is -0.591. The van der Waals surface area contributed by atoms with Crippen molar-refractivity contribution in [2.75, 3.05) is 18.1 Å². The standard InChI is InChI=1S/C16H16N2O4S2/c19-12-9-23-8-11(12)17-14(20)7-18-15(21)13(24-16(18)22)6-10-4-2-1-3-5-10/h1-6,11-12,19H,7-9H2,(H,17,20)/b13-6-/t11-,12+/m0/s1. The molecule has 2 heterocycles. The van der Waals surface area contributed by atoms with Gasteiger partial charge in [0.1, 0.15) is 6.54 Å². The van der Waals surface area contributed by atoms with E-state index in [2.05, 4.69) is 5.32 Å². The molecule has 0 radical (unpaired) electrons. The van der Waals surface area contributed by atoms with Gasteiger partial charge in [-0.3, -0.25) is 19.3 Å². The van der Waals surface area contributed by atoms with E-state index in [9.17, 15) is 19.5 Å². The fraction of sp³-hybridized carbons (Fsp3) is 0.312. The highest BCUT2D eigenvalue weighted by atomic mass is 32.2. The third kappa shape index (κ3) is 3.82. The molecule has 0 unspecified atom stereocenters. The molecule has 2 N–H and O–H groups in total. The number of aliphatic hydroxyl groups excluding tert-OH is 1. The molecule has 0 saturated carbocycles. The summed E-state index contributed by atoms with van der Waals surface area (Å²) < 4.78 is 0. The van der Waals surface area contributed by atoms with Crippen molar-refractivity contribution in [2.24, 2.45) is 0 Å². The van der Waals surface area contributed by atoms with Gasteiger partial charge in [-0.25, -0.2) is 0 Å². The van der Waals surface area contributed by atoms with Crippen LogP contribution in [0.2, 0.25) is 0 Å². The zero-order valence-electron chi connectivity index (χ0n) is 12.7. The maximum atomic E-state index is 12.3. The first-order valence-corrected chi connectivity index (χ1v) is 9.37. The Morgan fingerprint density at radius 3 is 2.71 bits per heavy atom. The maximum Gasteiger partial charge on any atom is 0.294 e. The number of imide groups is 1. The lowest BCUT2D eigenvalue weighted by molar-refractivity contribution is -0.129. The molecule has 1 aromatic carbocycles. The van der Waals surface area contributed by atoms with Crippen LogP contribution in [0.1, 0.15) is 5.56 Å². The van der Waals surface area contributed by atoms with Crippen LogP contribution in [-0.2, 0) is 9.59 Å². The van der Waals surface area contributed by atoms with Gasteiger partial charge in [-0.15, -0.1) is 0 Å². The van der Waals surface area contributed by atoms with Crippen molar-refractivity contribution in [3.8, 4) is 0 Å². The molecule has 0 spiro atoms. The van der Waals surface area contributed by atoms with E-state index in [1.54, 1.807) is 17.8 Å². The number of nitrogens with zero attached hydrogens (tertiary/aromatic N) is 1. The molecule has 6 nitrogen and oxygen atoms in total. The Morgan fingerprint density at radius 2 is 2.04 bits per heavy atom. The molecule has 2 aliphatic heterocycles. The van der Waals surface area contributed by atoms with E-state index >= 15 is 0 Å². The van der Waals surface area contributed by atoms with Gasteiger partial charge in [-0.05, 0) is 23.4 Å². The highest BCUT2D eigenvalue weighted by Gasteiger charge is 2.37. The van der Waals surface area contributed by atoms with E-state index < -0.39 is 23.2 Å². The Hall–Kier alpha value is -1.77. The van der Waals surface area contributed by atoms with Gasteiger partial charge in [0.15, 0.2) is 0 Å². The molecule has 2 aliphatic rings. The van der Waals surface area contributed by atoms with Crippen LogP contribution in [0.4, 0.5) is 4.79 Å². The van der Waals surface area contributed by atoms with Crippen molar-refractivity contribution >= 4 is 46.7 Å². The van der Waals surface area contributed by atoms with Gasteiger partial charge in [0, 0.05) is 11.5 Å². The van der Waals surface area contributed by atoms with Crippen LogP contribution in [0.25, 0.3) is 6.08 Å². The minimum absolute atomic E-state index is 0.301. The predicted octanol–water partition coefficient (Wildman–Crippen LogP) is 1.32. The first-order chi connectivity index (χ1) is 11.5. The topological polar surface area (TPSA) is 86.7 Å². The largest absolute Gasteiger partial charge is 0.390 e. The second-order valence-corrected chi connectivity index (χ2v) is 7.53. The molecule has 2 atom stereocenters. The summed E-state index contributed by atoms with van der Waals surface area (Å²) in [5.41, 5.74) is 0.818. The maximum absolute atomic E-state index is 12.3. The Morgan fingerprint density at radius 1 is 1.29 bits per heavy atom. The molecule has 126 valence electrons. The zero-order valence-corrected chi connectivity index (χ0v) is 14.3. The zero-order chi connectivity index (χ0) is 17.1. The SMILES string of the molecule is O=C(CN1C(=O)S/C(=C\c2ccccc2)C1=O)N[C@H]1CSC[C@H]1O. The summed E-state index contributed by atoms with van der Waals surface area (Å²) in [6, 6.07) is 8.88. The summed E-state index contributed by atoms with van der Waals surface area (Å²) >= 11 is 2.38. The second kappa shape index (κ2) is 7.42. The molecule has 2 fully saturated rings. The Labute approximate surface area is 147 Å². The van der Waals surface area contributed by atoms with E-state index in [0.29, 0.717) is 16.4 Å². The number of amides is 3. The Kier molecular flexibility index (Phi) is 5.27. The van der Waals surface area contributed by atoms with Crippen LogP contribution in [0.3, 0.4) is 0 Å². The number of hydrogen-bond acceptors (Lipinski definition) is 6. The lowest BCUT2D eigenvalue weighted by Gasteiger charge is -2.18. The molecule has 3 rings (SSSR count). The van der Waals surface area contributed by atoms with Gasteiger partial charge in [0.05, 0.1) is 17.1 Å². The number of rotatable bonds is 4. The average molecular weight is 364 g/mol. The van der Waals surface area contributed by atoms with Gasteiger partial charge >= 0.3 is 0 Å². The van der Waals surface area contributed by atoms with Crippen LogP contribution < -0.4 is 5.32 Å². The number of hydrogen-bond donors (Lipinski definition) is 2. The predicted molar refractivity (Wildman–Crippen MR) is 94.4 cm³/mol. The smallest absolute Gasteiger partial charge is 0.294 e. The van der Waals surface area contributed by atoms with Crippen molar-refractivity contribution in [3.05, 3.63) is 40.8 Å². The van der Waals surface area contributed by atoms with Crippen molar-refractivity contribution in [2.45, 2.75) is 12.1 Å². The van der Waals surface area contributed by atoms with Gasteiger partial charge in [0.25, 0.3) is 11.1 Å². The molecule has 0 bridgehead atoms. The van der Waals surface area contributed by atoms with Gasteiger partial charge in [-0.1, -0.05) is 30.3 Å². The van der Waals surface area contributed by atoms with E-state index in [1.165, 1.54) is 0 Å². The van der Waals surface area contributed by atoms with Crippen LogP contribution in [0, 0.1) is 0 Å². The number of nitrogens with one attached hydrogen (secondary N) is 1. The summed E-state index contributed by atoms with van der Waals surface area (Å²) in [6.45, 7) is -0.329. The minimum Gasteiger partial charge on any atom is -0.390 e. The third-order valence-corrected chi connectivity index (χ3v) is 5.75. The normalized spacial score (nSPS) is 25.5. The lowest BCUT2D eigenvalue weighted by atomic mass is 10.2. The number of carbonyl (C=O) groups excluding carboxylic acids is 3. The lowest BCUT2D eigenvalue weighted by Crippen LogP contribution is -2.47. The Balaban J connectivity index is 1.64. The molecule has 24 heavy (non-hydrogen) atoms. The van der Waals surface area contributed by atoms with Crippen molar-refractivity contribution in [1.82, 2.24) is 10.2 Å². The number of carbonyl (C=O) groups is 3. The molecule has 1 aromatic rings. The number of aliphatic hydroxyl groups is 1. The Bertz CT molecular complexity index is 693. The molecule has 3 amide bonds. The number of benzene rings is 1. The van der Waals surface area contributed by atoms with E-state index in [4.69, 9.17) is 0 Å². The highest BCUT2D eigenvalue weighted by molar-refractivity contribution is 8.18. The summed E-state index contributed by atoms with van der Waals surface area (Å²) in [7, 11) is 0. The third-order valence-electron chi connectivity index (χ3n) is 3.67. The number of thioether (sulfide) groups is 2. The molecule has 0 aliphatic carbocycles. The first kappa shape index (κ1) is 17.1. The van der Waals surface area contributed by atoms with E-state index in [-0.39, 0.29) is 12.6 Å². The van der Waals surface area contributed by atoms with Crippen molar-refractivity contribution < 1.29 is 19.5 Å². The van der Waals surface area contributed by atoms with Crippen LogP contribution in [0.5, 0.6) is 0 Å². The van der Waals surface area contributed by atoms with Gasteiger partial charge in [-0.2, -0.15) is 11.8 Å². The van der Waals surface area contributed by atoms with Crippen LogP contribution >= 0.6 is 23.5 Å². The molecule has 2 saturated heterocycles. The van der Waals surface area contributed by atoms with Crippen molar-refractivity contribution in [3.63, 3.8) is 0 Å². The molecular weight excluding hydrogens is 348 g/mol. The molecular formula is C16H16N2O4S2. The second-order valence-electron chi connectivity index (χ2n) is 5.46. The van der Waals surface area contributed by atoms with Crippen molar-refractivity contribution in [1.29, 1.82) is 0 Å². The fourth-order valence-corrected chi connectivity index (χ4v) is 4.42. The average Bonchev–Trinajstić information content (AvgIpc) is 3.07. The first-order valence-electron chi connectivity index (χ1n) is 7.40. The van der Waals surface area contributed by atoms with Gasteiger partial charge in [0.2, 0.25) is 5.91 Å². The highest BCUT2D eigenvalue weighted by Crippen LogP contribution is 2.32. The quantitative estimate of drug-likeness (QED) is 0.784. The molecule has 8 heteroatoms. The summed E-state index contributed by atoms with van der Waals surface area (Å²) in [5.74, 6) is 0.296. The summed E-state index contributed by atoms with van der Waals surface area (Å²) in [4.78, 5) is 37.6.